The average Bonchev–Trinajstić information content (AvgIpc) is 3.72. The number of imide groups is 1. The molecule has 2 saturated carbocycles. The number of thioether (sulfide) groups is 1. The van der Waals surface area contributed by atoms with Crippen LogP contribution in [-0.4, -0.2) is 22.0 Å². The molecule has 1 aromatic heterocycles. The van der Waals surface area contributed by atoms with E-state index in [4.69, 9.17) is 27.9 Å². The first kappa shape index (κ1) is 26.6. The molecule has 5 unspecified atom stereocenters. The van der Waals surface area contributed by atoms with Crippen LogP contribution in [0.4, 0.5) is 5.69 Å². The van der Waals surface area contributed by atoms with E-state index in [0.29, 0.717) is 22.3 Å². The molecular weight excluding hydrogens is 611 g/mol. The zero-order valence-electron chi connectivity index (χ0n) is 22.0. The van der Waals surface area contributed by atoms with Gasteiger partial charge >= 0.3 is 4.87 Å². The Labute approximate surface area is 260 Å². The molecule has 10 heteroatoms. The van der Waals surface area contributed by atoms with Crippen molar-refractivity contribution in [3.05, 3.63) is 109 Å². The Morgan fingerprint density at radius 1 is 0.881 bits per heavy atom. The van der Waals surface area contributed by atoms with Gasteiger partial charge in [-0.15, -0.1) is 11.8 Å². The molecule has 0 radical (unpaired) electrons. The second-order valence-corrected chi connectivity index (χ2v) is 14.5. The lowest BCUT2D eigenvalue weighted by Crippen LogP contribution is -2.42. The lowest BCUT2D eigenvalue weighted by molar-refractivity contribution is -0.123. The number of carbonyl (C=O) groups excluding carboxylic acids is 2. The van der Waals surface area contributed by atoms with Gasteiger partial charge in [0.2, 0.25) is 11.8 Å². The highest BCUT2D eigenvalue weighted by Gasteiger charge is 2.69. The Hall–Kier alpha value is -3.04. The van der Waals surface area contributed by atoms with Gasteiger partial charge in [-0.2, -0.15) is 0 Å². The van der Waals surface area contributed by atoms with E-state index in [0.717, 1.165) is 33.2 Å². The number of halogens is 2. The molecule has 6 nitrogen and oxygen atoms in total. The van der Waals surface area contributed by atoms with Gasteiger partial charge < -0.3 is 9.72 Å². The minimum absolute atomic E-state index is 0.0163. The number of H-pyrrole nitrogens is 1. The van der Waals surface area contributed by atoms with Crippen LogP contribution in [-0.2, 0) is 16.2 Å². The summed E-state index contributed by atoms with van der Waals surface area (Å²) in [4.78, 5) is 45.8. The van der Waals surface area contributed by atoms with Gasteiger partial charge in [0.05, 0.1) is 22.5 Å². The van der Waals surface area contributed by atoms with Crippen LogP contribution in [0.5, 0.6) is 5.75 Å². The van der Waals surface area contributed by atoms with Gasteiger partial charge in [0.1, 0.15) is 12.4 Å². The highest BCUT2D eigenvalue weighted by atomic mass is 35.5. The third kappa shape index (κ3) is 4.03. The number of fused-ring (bicyclic) bond motifs is 9. The molecule has 8 rings (SSSR count). The van der Waals surface area contributed by atoms with Crippen molar-refractivity contribution < 1.29 is 14.3 Å². The van der Waals surface area contributed by atoms with Gasteiger partial charge in [-0.3, -0.25) is 19.3 Å². The molecule has 3 fully saturated rings. The summed E-state index contributed by atoms with van der Waals surface area (Å²) in [5, 5.41) is 2.18. The number of aromatic nitrogens is 1. The van der Waals surface area contributed by atoms with E-state index in [9.17, 15) is 14.4 Å². The molecule has 7 atom stereocenters. The number of benzene rings is 3. The van der Waals surface area contributed by atoms with E-state index < -0.39 is 0 Å². The smallest absolute Gasteiger partial charge is 0.305 e. The van der Waals surface area contributed by atoms with Crippen LogP contribution in [0.3, 0.4) is 0 Å². The van der Waals surface area contributed by atoms with Crippen molar-refractivity contribution in [3.8, 4) is 5.75 Å². The van der Waals surface area contributed by atoms with Gasteiger partial charge in [0, 0.05) is 31.7 Å². The Morgan fingerprint density at radius 3 is 2.43 bits per heavy atom. The molecule has 3 aromatic carbocycles. The van der Waals surface area contributed by atoms with E-state index in [1.165, 1.54) is 16.2 Å². The first-order chi connectivity index (χ1) is 20.4. The monoisotopic (exact) mass is 634 g/mol. The molecule has 1 N–H and O–H groups in total. The largest absolute Gasteiger partial charge is 0.489 e. The average molecular weight is 636 g/mol. The van der Waals surface area contributed by atoms with Crippen molar-refractivity contribution in [1.82, 2.24) is 4.98 Å². The Balaban J connectivity index is 1.18. The van der Waals surface area contributed by atoms with Crippen molar-refractivity contribution in [2.24, 2.45) is 29.6 Å². The number of nitrogens with one attached hydrogen (secondary N) is 1. The summed E-state index contributed by atoms with van der Waals surface area (Å²) < 4.78 is 6.40. The molecule has 42 heavy (non-hydrogen) atoms. The third-order valence-corrected chi connectivity index (χ3v) is 12.4. The van der Waals surface area contributed by atoms with Gasteiger partial charge in [-0.05, 0) is 72.2 Å². The second-order valence-electron chi connectivity index (χ2n) is 11.4. The number of ether oxygens (including phenoxy) is 1. The van der Waals surface area contributed by atoms with Gasteiger partial charge in [0.15, 0.2) is 0 Å². The van der Waals surface area contributed by atoms with Crippen LogP contribution in [0.25, 0.3) is 0 Å². The lowest BCUT2D eigenvalue weighted by atomic mass is 9.68. The Bertz CT molecular complexity index is 1800. The van der Waals surface area contributed by atoms with Gasteiger partial charge in [-0.1, -0.05) is 64.9 Å². The molecule has 4 aromatic rings. The Morgan fingerprint density at radius 2 is 1.64 bits per heavy atom. The SMILES string of the molecule is O=C1C2C(C(=O)N1c1ccc(Cl)cc1)[C@@H]1C[C@H]2C2Sc3[nH]c(=O)sc3C(c3ccccc3OCc3cccc(Cl)c3)C21. The van der Waals surface area contributed by atoms with Crippen LogP contribution in [0.1, 0.15) is 28.3 Å². The van der Waals surface area contributed by atoms with E-state index >= 15 is 0 Å². The zero-order chi connectivity index (χ0) is 28.7. The predicted octanol–water partition coefficient (Wildman–Crippen LogP) is 7.00. The molecule has 1 saturated heterocycles. The number of thiazole rings is 1. The standard InChI is InChI=1S/C32H24Cl2N2O4S2/c33-16-8-10-18(11-9-16)36-30(37)25-20-13-21(26(25)31(36)38)27-24(20)23(28-29(41-27)35-32(39)42-28)19-6-1-2-7-22(19)40-14-15-4-3-5-17(34)12-15/h1-12,20-21,23-27H,13-14H2,(H,35,39)/t20-,21-,23?,24?,25?,26?,27?/m1/s1. The number of aromatic amines is 1. The molecule has 2 amide bonds. The van der Waals surface area contributed by atoms with Crippen LogP contribution >= 0.6 is 46.3 Å². The molecule has 3 heterocycles. The van der Waals surface area contributed by atoms with Crippen molar-refractivity contribution in [2.75, 3.05) is 4.90 Å². The molecule has 2 aliphatic heterocycles. The molecular formula is C32H24Cl2N2O4S2. The number of hydrogen-bond acceptors (Lipinski definition) is 6. The van der Waals surface area contributed by atoms with Crippen LogP contribution in [0.15, 0.2) is 82.6 Å². The van der Waals surface area contributed by atoms with Crippen molar-refractivity contribution in [3.63, 3.8) is 0 Å². The number of nitrogens with zero attached hydrogens (tertiary/aromatic N) is 1. The summed E-state index contributed by atoms with van der Waals surface area (Å²) >= 11 is 15.2. The summed E-state index contributed by atoms with van der Waals surface area (Å²) in [7, 11) is 0. The van der Waals surface area contributed by atoms with E-state index in [2.05, 4.69) is 11.1 Å². The summed E-state index contributed by atoms with van der Waals surface area (Å²) in [6.45, 7) is 0.350. The maximum Gasteiger partial charge on any atom is 0.305 e. The number of rotatable bonds is 5. The molecule has 0 spiro atoms. The third-order valence-electron chi connectivity index (χ3n) is 9.35. The maximum absolute atomic E-state index is 14.0. The zero-order valence-corrected chi connectivity index (χ0v) is 25.2. The fraction of sp³-hybridized carbons (Fsp3) is 0.281. The summed E-state index contributed by atoms with van der Waals surface area (Å²) in [6, 6.07) is 22.5. The van der Waals surface area contributed by atoms with Crippen LogP contribution in [0, 0.1) is 29.6 Å². The first-order valence-electron chi connectivity index (χ1n) is 13.9. The fourth-order valence-electron chi connectivity index (χ4n) is 7.87. The highest BCUT2D eigenvalue weighted by molar-refractivity contribution is 8.00. The number of hydrogen-bond donors (Lipinski definition) is 1. The first-order valence-corrected chi connectivity index (χ1v) is 16.3. The summed E-state index contributed by atoms with van der Waals surface area (Å²) in [5.41, 5.74) is 2.53. The summed E-state index contributed by atoms with van der Waals surface area (Å²) in [5.74, 6) is -0.216. The van der Waals surface area contributed by atoms with E-state index in [-0.39, 0.29) is 57.4 Å². The van der Waals surface area contributed by atoms with Gasteiger partial charge in [-0.25, -0.2) is 0 Å². The fourth-order valence-corrected chi connectivity index (χ4v) is 11.1. The number of anilines is 1. The quantitative estimate of drug-likeness (QED) is 0.239. The Kier molecular flexibility index (Phi) is 6.34. The number of carbonyl (C=O) groups is 2. The van der Waals surface area contributed by atoms with Gasteiger partial charge in [0.25, 0.3) is 0 Å². The molecule has 2 aliphatic carbocycles. The normalized spacial score (nSPS) is 29.0. The van der Waals surface area contributed by atoms with E-state index in [1.807, 2.05) is 42.5 Å². The summed E-state index contributed by atoms with van der Waals surface area (Å²) in [6.07, 6.45) is 0.824. The number of para-hydroxylation sites is 1. The van der Waals surface area contributed by atoms with Crippen molar-refractivity contribution >= 4 is 63.8 Å². The second kappa shape index (κ2) is 10.0. The van der Waals surface area contributed by atoms with Crippen LogP contribution in [0.2, 0.25) is 10.0 Å². The molecule has 2 bridgehead atoms. The molecule has 4 aliphatic rings. The lowest BCUT2D eigenvalue weighted by Gasteiger charge is -2.43. The minimum atomic E-state index is -0.376. The number of amides is 2. The van der Waals surface area contributed by atoms with Crippen molar-refractivity contribution in [2.45, 2.75) is 29.2 Å². The predicted molar refractivity (Wildman–Crippen MR) is 165 cm³/mol. The van der Waals surface area contributed by atoms with Crippen LogP contribution < -0.4 is 14.5 Å². The van der Waals surface area contributed by atoms with Crippen molar-refractivity contribution in [1.29, 1.82) is 0 Å². The maximum atomic E-state index is 14.0. The molecule has 212 valence electrons. The topological polar surface area (TPSA) is 79.5 Å². The highest BCUT2D eigenvalue weighted by Crippen LogP contribution is 2.69. The van der Waals surface area contributed by atoms with E-state index in [1.54, 1.807) is 36.0 Å². The minimum Gasteiger partial charge on any atom is -0.489 e.